The predicted molar refractivity (Wildman–Crippen MR) is 120 cm³/mol. The molecule has 162 valence electrons. The van der Waals surface area contributed by atoms with Gasteiger partial charge in [-0.25, -0.2) is 8.42 Å². The molecule has 0 saturated carbocycles. The van der Waals surface area contributed by atoms with Crippen LogP contribution in [-0.2, 0) is 10.0 Å². The van der Waals surface area contributed by atoms with Crippen molar-refractivity contribution >= 4 is 66.2 Å². The highest BCUT2D eigenvalue weighted by Gasteiger charge is 2.32. The quantitative estimate of drug-likeness (QED) is 0.394. The zero-order chi connectivity index (χ0) is 22.3. The smallest absolute Gasteiger partial charge is 0.269 e. The number of nitro benzene ring substituents is 1. The van der Waals surface area contributed by atoms with E-state index in [1.54, 1.807) is 23.1 Å². The van der Waals surface area contributed by atoms with Crippen LogP contribution in [-0.4, -0.2) is 54.6 Å². The van der Waals surface area contributed by atoms with Crippen molar-refractivity contribution in [1.29, 1.82) is 0 Å². The first-order valence-electron chi connectivity index (χ1n) is 9.10. The Morgan fingerprint density at radius 2 is 1.68 bits per heavy atom. The van der Waals surface area contributed by atoms with Crippen LogP contribution in [0.25, 0.3) is 10.1 Å². The predicted octanol–water partition coefficient (Wildman–Crippen LogP) is 4.26. The lowest BCUT2D eigenvalue weighted by Crippen LogP contribution is -2.50. The number of thiophene rings is 1. The monoisotopic (exact) mass is 499 g/mol. The van der Waals surface area contributed by atoms with E-state index < -0.39 is 14.9 Å². The Morgan fingerprint density at radius 3 is 2.29 bits per heavy atom. The molecule has 1 aliphatic rings. The highest BCUT2D eigenvalue weighted by molar-refractivity contribution is 7.89. The number of fused-ring (bicyclic) bond motifs is 1. The lowest BCUT2D eigenvalue weighted by molar-refractivity contribution is -0.384. The first-order valence-corrected chi connectivity index (χ1v) is 12.1. The third kappa shape index (κ3) is 4.13. The number of non-ortho nitro benzene ring substituents is 1. The van der Waals surface area contributed by atoms with Crippen LogP contribution < -0.4 is 0 Å². The molecule has 0 N–H and O–H groups in total. The average molecular weight is 500 g/mol. The van der Waals surface area contributed by atoms with Crippen LogP contribution in [0.5, 0.6) is 0 Å². The summed E-state index contributed by atoms with van der Waals surface area (Å²) in [5, 5.41) is 12.4. The van der Waals surface area contributed by atoms with E-state index in [9.17, 15) is 23.3 Å². The number of piperazine rings is 1. The van der Waals surface area contributed by atoms with E-state index in [0.717, 1.165) is 22.2 Å². The van der Waals surface area contributed by atoms with E-state index in [1.165, 1.54) is 27.8 Å². The average Bonchev–Trinajstić information content (AvgIpc) is 3.08. The summed E-state index contributed by atoms with van der Waals surface area (Å²) in [5.41, 5.74) is -0.184. The molecule has 0 radical (unpaired) electrons. The van der Waals surface area contributed by atoms with Gasteiger partial charge in [0.25, 0.3) is 11.6 Å². The van der Waals surface area contributed by atoms with Gasteiger partial charge in [0.05, 0.1) is 14.8 Å². The SMILES string of the molecule is O=C(c1sc2cc(Cl)ccc2c1Cl)N1CCN(S(=O)(=O)c2ccc([N+](=O)[O-])cc2)CC1. The molecule has 1 aliphatic heterocycles. The molecule has 1 amide bonds. The topological polar surface area (TPSA) is 101 Å². The Morgan fingerprint density at radius 1 is 1.03 bits per heavy atom. The van der Waals surface area contributed by atoms with Crippen LogP contribution >= 0.6 is 34.5 Å². The van der Waals surface area contributed by atoms with Gasteiger partial charge in [-0.2, -0.15) is 4.31 Å². The molecule has 0 unspecified atom stereocenters. The van der Waals surface area contributed by atoms with E-state index in [4.69, 9.17) is 23.2 Å². The highest BCUT2D eigenvalue weighted by atomic mass is 35.5. The molecular weight excluding hydrogens is 485 g/mol. The van der Waals surface area contributed by atoms with Gasteiger partial charge in [0.15, 0.2) is 0 Å². The zero-order valence-electron chi connectivity index (χ0n) is 15.8. The Kier molecular flexibility index (Phi) is 5.93. The third-order valence-corrected chi connectivity index (χ3v) is 8.79. The van der Waals surface area contributed by atoms with Crippen LogP contribution in [0.2, 0.25) is 10.0 Å². The minimum absolute atomic E-state index is 0.0256. The standard InChI is InChI=1S/C19H15Cl2N3O5S2/c20-12-1-6-15-16(11-12)30-18(17(15)21)19(25)22-7-9-23(10-8-22)31(28,29)14-4-2-13(3-5-14)24(26)27/h1-6,11H,7-10H2. The number of hydrogen-bond acceptors (Lipinski definition) is 6. The van der Waals surface area contributed by atoms with Gasteiger partial charge < -0.3 is 4.90 Å². The van der Waals surface area contributed by atoms with E-state index >= 15 is 0 Å². The molecule has 2 aromatic carbocycles. The maximum absolute atomic E-state index is 13.0. The minimum atomic E-state index is -3.82. The van der Waals surface area contributed by atoms with Gasteiger partial charge in [0, 0.05) is 53.4 Å². The molecule has 4 rings (SSSR count). The maximum Gasteiger partial charge on any atom is 0.269 e. The third-order valence-electron chi connectivity index (χ3n) is 5.00. The van der Waals surface area contributed by atoms with Gasteiger partial charge in [-0.1, -0.05) is 29.3 Å². The maximum atomic E-state index is 13.0. The Bertz CT molecular complexity index is 1280. The van der Waals surface area contributed by atoms with Crippen molar-refractivity contribution < 1.29 is 18.1 Å². The molecule has 0 spiro atoms. The summed E-state index contributed by atoms with van der Waals surface area (Å²) >= 11 is 13.7. The van der Waals surface area contributed by atoms with Crippen molar-refractivity contribution in [1.82, 2.24) is 9.21 Å². The normalized spacial score (nSPS) is 15.4. The molecule has 1 aromatic heterocycles. The lowest BCUT2D eigenvalue weighted by atomic mass is 10.2. The first kappa shape index (κ1) is 22.0. The number of nitrogens with zero attached hydrogens (tertiary/aromatic N) is 3. The number of carbonyl (C=O) groups excluding carboxylic acids is 1. The fourth-order valence-electron chi connectivity index (χ4n) is 3.34. The van der Waals surface area contributed by atoms with Crippen molar-refractivity contribution in [3.8, 4) is 0 Å². The van der Waals surface area contributed by atoms with Gasteiger partial charge in [0.1, 0.15) is 4.88 Å². The molecule has 8 nitrogen and oxygen atoms in total. The van der Waals surface area contributed by atoms with Gasteiger partial charge in [-0.3, -0.25) is 14.9 Å². The van der Waals surface area contributed by atoms with E-state index in [-0.39, 0.29) is 42.7 Å². The molecule has 0 bridgehead atoms. The number of nitro groups is 1. The summed E-state index contributed by atoms with van der Waals surface area (Å²) in [6, 6.07) is 9.96. The summed E-state index contributed by atoms with van der Waals surface area (Å²) in [7, 11) is -3.82. The van der Waals surface area contributed by atoms with Gasteiger partial charge in [-0.15, -0.1) is 11.3 Å². The van der Waals surface area contributed by atoms with Crippen LogP contribution in [0.1, 0.15) is 9.67 Å². The van der Waals surface area contributed by atoms with Crippen molar-refractivity contribution in [3.05, 3.63) is 67.5 Å². The van der Waals surface area contributed by atoms with E-state index in [2.05, 4.69) is 0 Å². The number of hydrogen-bond donors (Lipinski definition) is 0. The molecule has 3 aromatic rings. The van der Waals surface area contributed by atoms with Crippen LogP contribution in [0.4, 0.5) is 5.69 Å². The number of amides is 1. The van der Waals surface area contributed by atoms with Crippen molar-refractivity contribution in [3.63, 3.8) is 0 Å². The molecule has 2 heterocycles. The second-order valence-corrected chi connectivity index (χ2v) is 10.6. The number of halogens is 2. The Balaban J connectivity index is 1.48. The van der Waals surface area contributed by atoms with Crippen molar-refractivity contribution in [2.75, 3.05) is 26.2 Å². The zero-order valence-corrected chi connectivity index (χ0v) is 19.0. The van der Waals surface area contributed by atoms with E-state index in [1.807, 2.05) is 0 Å². The van der Waals surface area contributed by atoms with Crippen LogP contribution in [0.3, 0.4) is 0 Å². The van der Waals surface area contributed by atoms with E-state index in [0.29, 0.717) is 14.9 Å². The van der Waals surface area contributed by atoms with Crippen molar-refractivity contribution in [2.24, 2.45) is 0 Å². The number of carbonyl (C=O) groups is 1. The number of rotatable bonds is 4. The molecular formula is C19H15Cl2N3O5S2. The van der Waals surface area contributed by atoms with Crippen LogP contribution in [0, 0.1) is 10.1 Å². The van der Waals surface area contributed by atoms with Crippen LogP contribution in [0.15, 0.2) is 47.4 Å². The van der Waals surface area contributed by atoms with Crippen molar-refractivity contribution in [2.45, 2.75) is 4.90 Å². The summed E-state index contributed by atoms with van der Waals surface area (Å²) < 4.78 is 27.8. The summed E-state index contributed by atoms with van der Waals surface area (Å²) in [5.74, 6) is -0.255. The second kappa shape index (κ2) is 8.36. The fraction of sp³-hybridized carbons (Fsp3) is 0.211. The first-order chi connectivity index (χ1) is 14.7. The molecule has 0 atom stereocenters. The molecule has 1 saturated heterocycles. The van der Waals surface area contributed by atoms with Gasteiger partial charge in [0.2, 0.25) is 10.0 Å². The Labute approximate surface area is 191 Å². The summed E-state index contributed by atoms with van der Waals surface area (Å²) in [4.78, 5) is 25.1. The fourth-order valence-corrected chi connectivity index (χ4v) is 6.52. The number of sulfonamides is 1. The highest BCUT2D eigenvalue weighted by Crippen LogP contribution is 2.37. The van der Waals surface area contributed by atoms with Gasteiger partial charge >= 0.3 is 0 Å². The molecule has 31 heavy (non-hydrogen) atoms. The summed E-state index contributed by atoms with van der Waals surface area (Å²) in [6.07, 6.45) is 0. The Hall–Kier alpha value is -2.24. The van der Waals surface area contributed by atoms with Gasteiger partial charge in [-0.05, 0) is 24.3 Å². The number of benzene rings is 2. The molecule has 0 aliphatic carbocycles. The molecule has 12 heteroatoms. The largest absolute Gasteiger partial charge is 0.335 e. The lowest BCUT2D eigenvalue weighted by Gasteiger charge is -2.33. The second-order valence-electron chi connectivity index (χ2n) is 6.83. The minimum Gasteiger partial charge on any atom is -0.335 e. The molecule has 1 fully saturated rings. The summed E-state index contributed by atoms with van der Waals surface area (Å²) in [6.45, 7) is 0.631.